The molecule has 0 fully saturated rings. The molecular weight excluding hydrogens is 354 g/mol. The van der Waals surface area contributed by atoms with E-state index in [-0.39, 0.29) is 12.5 Å². The second kappa shape index (κ2) is 9.63. The van der Waals surface area contributed by atoms with Crippen molar-refractivity contribution in [2.24, 2.45) is 0 Å². The van der Waals surface area contributed by atoms with E-state index >= 15 is 0 Å². The first-order valence-corrected chi connectivity index (χ1v) is 8.41. The van der Waals surface area contributed by atoms with Crippen LogP contribution in [0.1, 0.15) is 18.1 Å². The van der Waals surface area contributed by atoms with Crippen LogP contribution in [0.25, 0.3) is 6.08 Å². The maximum absolute atomic E-state index is 12.1. The molecule has 2 aromatic carbocycles. The largest absolute Gasteiger partial charge is 0.496 e. The molecule has 0 aliphatic heterocycles. The van der Waals surface area contributed by atoms with Crippen molar-refractivity contribution >= 4 is 29.6 Å². The van der Waals surface area contributed by atoms with Gasteiger partial charge in [-0.1, -0.05) is 41.9 Å². The van der Waals surface area contributed by atoms with Crippen molar-refractivity contribution in [2.75, 3.05) is 7.11 Å². The maximum atomic E-state index is 12.1. The summed E-state index contributed by atoms with van der Waals surface area (Å²) >= 11 is 5.88. The van der Waals surface area contributed by atoms with Crippen LogP contribution in [0.2, 0.25) is 5.02 Å². The smallest absolute Gasteiger partial charge is 0.331 e. The highest BCUT2D eigenvalue weighted by molar-refractivity contribution is 6.30. The van der Waals surface area contributed by atoms with Gasteiger partial charge in [-0.3, -0.25) is 4.79 Å². The van der Waals surface area contributed by atoms with Crippen molar-refractivity contribution < 1.29 is 19.1 Å². The monoisotopic (exact) mass is 373 g/mol. The van der Waals surface area contributed by atoms with Gasteiger partial charge >= 0.3 is 5.97 Å². The van der Waals surface area contributed by atoms with Gasteiger partial charge in [0, 0.05) is 23.2 Å². The Morgan fingerprint density at radius 2 is 1.96 bits per heavy atom. The number of methoxy groups -OCH3 is 1. The third kappa shape index (κ3) is 5.93. The molecule has 0 heterocycles. The molecule has 6 heteroatoms. The van der Waals surface area contributed by atoms with Crippen LogP contribution in [0.3, 0.4) is 0 Å². The number of ether oxygens (including phenoxy) is 2. The van der Waals surface area contributed by atoms with Gasteiger partial charge in [0.25, 0.3) is 5.91 Å². The lowest BCUT2D eigenvalue weighted by Gasteiger charge is -2.13. The molecule has 5 nitrogen and oxygen atoms in total. The van der Waals surface area contributed by atoms with Crippen LogP contribution in [0, 0.1) is 0 Å². The van der Waals surface area contributed by atoms with Crippen molar-refractivity contribution in [3.8, 4) is 5.75 Å². The second-order valence-corrected chi connectivity index (χ2v) is 5.93. The predicted molar refractivity (Wildman–Crippen MR) is 101 cm³/mol. The molecule has 2 rings (SSSR count). The number of benzene rings is 2. The van der Waals surface area contributed by atoms with E-state index in [1.54, 1.807) is 37.5 Å². The molecule has 26 heavy (non-hydrogen) atoms. The minimum Gasteiger partial charge on any atom is -0.496 e. The molecule has 0 aliphatic carbocycles. The van der Waals surface area contributed by atoms with Crippen LogP contribution < -0.4 is 10.1 Å². The lowest BCUT2D eigenvalue weighted by Crippen LogP contribution is -2.35. The summed E-state index contributed by atoms with van der Waals surface area (Å²) in [6, 6.07) is 14.4. The fourth-order valence-electron chi connectivity index (χ4n) is 2.22. The minimum atomic E-state index is -0.916. The van der Waals surface area contributed by atoms with E-state index in [9.17, 15) is 9.59 Å². The van der Waals surface area contributed by atoms with E-state index in [1.165, 1.54) is 13.0 Å². The molecule has 136 valence electrons. The van der Waals surface area contributed by atoms with Crippen molar-refractivity contribution in [2.45, 2.75) is 19.6 Å². The lowest BCUT2D eigenvalue weighted by atomic mass is 10.2. The molecule has 0 aromatic heterocycles. The van der Waals surface area contributed by atoms with E-state index in [0.717, 1.165) is 11.1 Å². The van der Waals surface area contributed by atoms with Crippen molar-refractivity contribution in [1.29, 1.82) is 0 Å². The average molecular weight is 374 g/mol. The topological polar surface area (TPSA) is 64.6 Å². The van der Waals surface area contributed by atoms with Crippen LogP contribution in [0.4, 0.5) is 0 Å². The summed E-state index contributed by atoms with van der Waals surface area (Å²) in [6.07, 6.45) is 1.92. The second-order valence-electron chi connectivity index (χ2n) is 5.50. The van der Waals surface area contributed by atoms with Gasteiger partial charge in [-0.25, -0.2) is 4.79 Å². The van der Waals surface area contributed by atoms with E-state index in [2.05, 4.69) is 5.32 Å². The maximum Gasteiger partial charge on any atom is 0.331 e. The Morgan fingerprint density at radius 1 is 1.19 bits per heavy atom. The van der Waals surface area contributed by atoms with Gasteiger partial charge < -0.3 is 14.8 Å². The first kappa shape index (κ1) is 19.5. The van der Waals surface area contributed by atoms with Gasteiger partial charge in [-0.2, -0.15) is 0 Å². The summed E-state index contributed by atoms with van der Waals surface area (Å²) in [4.78, 5) is 23.9. The van der Waals surface area contributed by atoms with E-state index in [1.807, 2.05) is 24.3 Å². The standard InChI is InChI=1S/C20H20ClNO4/c1-14(20(24)22-13-16-7-3-4-9-18(16)25-2)26-19(23)11-10-15-6-5-8-17(21)12-15/h3-12,14H,13H2,1-2H3,(H,22,24)/b11-10+. The zero-order valence-electron chi connectivity index (χ0n) is 14.6. The molecule has 1 unspecified atom stereocenters. The molecule has 0 saturated heterocycles. The normalized spacial score (nSPS) is 11.8. The molecule has 0 saturated carbocycles. The SMILES string of the molecule is COc1ccccc1CNC(=O)C(C)OC(=O)/C=C/c1cccc(Cl)c1. The quantitative estimate of drug-likeness (QED) is 0.594. The number of esters is 1. The van der Waals surface area contributed by atoms with Gasteiger partial charge in [-0.05, 0) is 36.8 Å². The number of hydrogen-bond acceptors (Lipinski definition) is 4. The highest BCUT2D eigenvalue weighted by Gasteiger charge is 2.16. The summed E-state index contributed by atoms with van der Waals surface area (Å²) in [5.74, 6) is -0.313. The Balaban J connectivity index is 1.85. The average Bonchev–Trinajstić information content (AvgIpc) is 2.64. The molecule has 0 spiro atoms. The summed E-state index contributed by atoms with van der Waals surface area (Å²) < 4.78 is 10.3. The first-order valence-electron chi connectivity index (χ1n) is 8.03. The molecule has 1 amide bonds. The third-order valence-electron chi connectivity index (χ3n) is 3.57. The number of carbonyl (C=O) groups is 2. The number of halogens is 1. The fraction of sp³-hybridized carbons (Fsp3) is 0.200. The predicted octanol–water partition coefficient (Wildman–Crippen LogP) is 3.61. The third-order valence-corrected chi connectivity index (χ3v) is 3.80. The van der Waals surface area contributed by atoms with Crippen molar-refractivity contribution in [1.82, 2.24) is 5.32 Å². The Labute approximate surface area is 157 Å². The molecule has 1 N–H and O–H groups in total. The summed E-state index contributed by atoms with van der Waals surface area (Å²) in [5, 5.41) is 3.30. The van der Waals surface area contributed by atoms with Crippen molar-refractivity contribution in [3.05, 3.63) is 70.8 Å². The van der Waals surface area contributed by atoms with Gasteiger partial charge in [0.15, 0.2) is 6.10 Å². The van der Waals surface area contributed by atoms with E-state index in [4.69, 9.17) is 21.1 Å². The number of hydrogen-bond donors (Lipinski definition) is 1. The Hall–Kier alpha value is -2.79. The van der Waals surface area contributed by atoms with E-state index < -0.39 is 12.1 Å². The molecule has 0 bridgehead atoms. The number of nitrogens with one attached hydrogen (secondary N) is 1. The number of rotatable bonds is 7. The first-order chi connectivity index (χ1) is 12.5. The van der Waals surface area contributed by atoms with E-state index in [0.29, 0.717) is 10.8 Å². The Morgan fingerprint density at radius 3 is 2.69 bits per heavy atom. The summed E-state index contributed by atoms with van der Waals surface area (Å²) in [6.45, 7) is 1.80. The van der Waals surface area contributed by atoms with Crippen LogP contribution in [-0.2, 0) is 20.9 Å². The van der Waals surface area contributed by atoms with Crippen LogP contribution in [0.15, 0.2) is 54.6 Å². The lowest BCUT2D eigenvalue weighted by molar-refractivity contribution is -0.150. The number of carbonyl (C=O) groups excluding carboxylic acids is 2. The van der Waals surface area contributed by atoms with Crippen LogP contribution in [-0.4, -0.2) is 25.1 Å². The highest BCUT2D eigenvalue weighted by Crippen LogP contribution is 2.16. The Bertz CT molecular complexity index is 804. The molecular formula is C20H20ClNO4. The van der Waals surface area contributed by atoms with Gasteiger partial charge in [-0.15, -0.1) is 0 Å². The number of amides is 1. The fourth-order valence-corrected chi connectivity index (χ4v) is 2.42. The summed E-state index contributed by atoms with van der Waals surface area (Å²) in [5.41, 5.74) is 1.60. The zero-order valence-corrected chi connectivity index (χ0v) is 15.3. The highest BCUT2D eigenvalue weighted by atomic mass is 35.5. The molecule has 0 radical (unpaired) electrons. The Kier molecular flexibility index (Phi) is 7.24. The molecule has 2 aromatic rings. The summed E-state index contributed by atoms with van der Waals surface area (Å²) in [7, 11) is 1.57. The van der Waals surface area contributed by atoms with Crippen LogP contribution >= 0.6 is 11.6 Å². The van der Waals surface area contributed by atoms with Gasteiger partial charge in [0.2, 0.25) is 0 Å². The van der Waals surface area contributed by atoms with Gasteiger partial charge in [0.1, 0.15) is 5.75 Å². The molecule has 1 atom stereocenters. The zero-order chi connectivity index (χ0) is 18.9. The van der Waals surface area contributed by atoms with Gasteiger partial charge in [0.05, 0.1) is 7.11 Å². The van der Waals surface area contributed by atoms with Crippen molar-refractivity contribution in [3.63, 3.8) is 0 Å². The number of para-hydroxylation sites is 1. The minimum absolute atomic E-state index is 0.281. The van der Waals surface area contributed by atoms with Crippen LogP contribution in [0.5, 0.6) is 5.75 Å². The molecule has 0 aliphatic rings.